The fourth-order valence-electron chi connectivity index (χ4n) is 3.46. The smallest absolute Gasteiger partial charge is 0.240 e. The van der Waals surface area contributed by atoms with Gasteiger partial charge in [-0.1, -0.05) is 11.6 Å². The van der Waals surface area contributed by atoms with Crippen molar-refractivity contribution in [1.82, 2.24) is 9.62 Å². The molecule has 1 aliphatic rings. The summed E-state index contributed by atoms with van der Waals surface area (Å²) >= 11 is 5.96. The van der Waals surface area contributed by atoms with Crippen LogP contribution in [0.25, 0.3) is 0 Å². The highest BCUT2D eigenvalue weighted by molar-refractivity contribution is 7.89. The van der Waals surface area contributed by atoms with Gasteiger partial charge in [-0.3, -0.25) is 4.90 Å². The van der Waals surface area contributed by atoms with Crippen LogP contribution in [0.5, 0.6) is 11.5 Å². The minimum atomic E-state index is -3.59. The van der Waals surface area contributed by atoms with Crippen LogP contribution in [0, 0.1) is 0 Å². The normalized spacial score (nSPS) is 15.2. The lowest BCUT2D eigenvalue weighted by molar-refractivity contribution is 0.255. The Balaban J connectivity index is 1.43. The van der Waals surface area contributed by atoms with Gasteiger partial charge in [0.15, 0.2) is 11.5 Å². The Hall–Kier alpha value is -2.00. The molecule has 0 saturated carbocycles. The van der Waals surface area contributed by atoms with E-state index >= 15 is 0 Å². The van der Waals surface area contributed by atoms with E-state index in [1.807, 2.05) is 24.3 Å². The van der Waals surface area contributed by atoms with Crippen molar-refractivity contribution in [3.8, 4) is 11.5 Å². The molecule has 0 radical (unpaired) electrons. The second-order valence-corrected chi connectivity index (χ2v) is 9.28. The van der Waals surface area contributed by atoms with E-state index in [4.69, 9.17) is 21.1 Å². The van der Waals surface area contributed by atoms with Gasteiger partial charge in [-0.25, -0.2) is 13.1 Å². The fraction of sp³-hybridized carbons (Fsp3) is 0.429. The molecule has 9 heteroatoms. The van der Waals surface area contributed by atoms with Gasteiger partial charge < -0.3 is 14.4 Å². The number of rotatable bonds is 9. The summed E-state index contributed by atoms with van der Waals surface area (Å²) in [6.07, 6.45) is 0.744. The largest absolute Gasteiger partial charge is 0.493 e. The van der Waals surface area contributed by atoms with E-state index < -0.39 is 10.0 Å². The van der Waals surface area contributed by atoms with Crippen molar-refractivity contribution in [3.05, 3.63) is 47.5 Å². The highest BCUT2D eigenvalue weighted by atomic mass is 35.5. The van der Waals surface area contributed by atoms with Crippen LogP contribution in [0.1, 0.15) is 6.42 Å². The number of benzene rings is 2. The van der Waals surface area contributed by atoms with Gasteiger partial charge in [0.1, 0.15) is 0 Å². The van der Waals surface area contributed by atoms with Crippen LogP contribution in [0.15, 0.2) is 47.4 Å². The van der Waals surface area contributed by atoms with E-state index in [-0.39, 0.29) is 4.90 Å². The zero-order valence-electron chi connectivity index (χ0n) is 17.3. The first-order valence-corrected chi connectivity index (χ1v) is 11.7. The van der Waals surface area contributed by atoms with Crippen molar-refractivity contribution in [1.29, 1.82) is 0 Å². The SMILES string of the molecule is COc1ccc(S(=O)(=O)NCCCN2CCN(c3ccc(Cl)cc3)CC2)cc1OC. The fourth-order valence-corrected chi connectivity index (χ4v) is 4.67. The van der Waals surface area contributed by atoms with Gasteiger partial charge >= 0.3 is 0 Å². The molecule has 3 rings (SSSR count). The molecule has 1 saturated heterocycles. The molecule has 2 aromatic rings. The number of halogens is 1. The zero-order valence-corrected chi connectivity index (χ0v) is 18.9. The standard InChI is InChI=1S/C21H28ClN3O4S/c1-28-20-9-8-19(16-21(20)29-2)30(26,27)23-10-3-11-24-12-14-25(15-13-24)18-6-4-17(22)5-7-18/h4-9,16,23H,3,10-15H2,1-2H3. The zero-order chi connectivity index (χ0) is 21.6. The third-order valence-electron chi connectivity index (χ3n) is 5.17. The first-order valence-electron chi connectivity index (χ1n) is 9.87. The number of hydrogen-bond acceptors (Lipinski definition) is 6. The van der Waals surface area contributed by atoms with Gasteiger partial charge in [0, 0.05) is 49.5 Å². The second kappa shape index (κ2) is 10.3. The van der Waals surface area contributed by atoms with E-state index in [9.17, 15) is 8.42 Å². The minimum absolute atomic E-state index is 0.164. The van der Waals surface area contributed by atoms with E-state index in [0.29, 0.717) is 18.0 Å². The molecule has 0 amide bonds. The Kier molecular flexibility index (Phi) is 7.82. The minimum Gasteiger partial charge on any atom is -0.493 e. The third-order valence-corrected chi connectivity index (χ3v) is 6.88. The Morgan fingerprint density at radius 3 is 2.27 bits per heavy atom. The summed E-state index contributed by atoms with van der Waals surface area (Å²) in [7, 11) is -0.598. The summed E-state index contributed by atoms with van der Waals surface area (Å²) in [5.41, 5.74) is 1.18. The summed E-state index contributed by atoms with van der Waals surface area (Å²) in [5.74, 6) is 0.883. The number of sulfonamides is 1. The Morgan fingerprint density at radius 1 is 0.967 bits per heavy atom. The molecule has 0 aromatic heterocycles. The lowest BCUT2D eigenvalue weighted by atomic mass is 10.2. The quantitative estimate of drug-likeness (QED) is 0.589. The molecular formula is C21H28ClN3O4S. The summed E-state index contributed by atoms with van der Waals surface area (Å²) in [5, 5.41) is 0.743. The molecule has 1 fully saturated rings. The maximum absolute atomic E-state index is 12.5. The lowest BCUT2D eigenvalue weighted by Crippen LogP contribution is -2.47. The van der Waals surface area contributed by atoms with Crippen LogP contribution in [0.3, 0.4) is 0 Å². The molecule has 2 aromatic carbocycles. The van der Waals surface area contributed by atoms with Gasteiger partial charge in [0.25, 0.3) is 0 Å². The highest BCUT2D eigenvalue weighted by Gasteiger charge is 2.19. The van der Waals surface area contributed by atoms with Crippen LogP contribution < -0.4 is 19.1 Å². The van der Waals surface area contributed by atoms with Crippen LogP contribution in [-0.4, -0.2) is 66.8 Å². The maximum Gasteiger partial charge on any atom is 0.240 e. The molecule has 0 unspecified atom stereocenters. The number of piperazine rings is 1. The molecule has 0 bridgehead atoms. The topological polar surface area (TPSA) is 71.1 Å². The first kappa shape index (κ1) is 22.7. The lowest BCUT2D eigenvalue weighted by Gasteiger charge is -2.36. The van der Waals surface area contributed by atoms with Crippen molar-refractivity contribution in [2.24, 2.45) is 0 Å². The molecule has 1 aliphatic heterocycles. The number of ether oxygens (including phenoxy) is 2. The molecule has 1 N–H and O–H groups in total. The van der Waals surface area contributed by atoms with Crippen LogP contribution in [0.2, 0.25) is 5.02 Å². The van der Waals surface area contributed by atoms with Crippen molar-refractivity contribution in [3.63, 3.8) is 0 Å². The molecule has 0 atom stereocenters. The Bertz CT molecular complexity index is 930. The highest BCUT2D eigenvalue weighted by Crippen LogP contribution is 2.29. The summed E-state index contributed by atoms with van der Waals surface area (Å²) in [6.45, 7) is 5.02. The Labute approximate surface area is 183 Å². The molecular weight excluding hydrogens is 426 g/mol. The van der Waals surface area contributed by atoms with Crippen molar-refractivity contribution >= 4 is 27.3 Å². The van der Waals surface area contributed by atoms with E-state index in [1.165, 1.54) is 32.0 Å². The van der Waals surface area contributed by atoms with Crippen molar-refractivity contribution in [2.45, 2.75) is 11.3 Å². The second-order valence-electron chi connectivity index (χ2n) is 7.07. The monoisotopic (exact) mass is 453 g/mol. The van der Waals surface area contributed by atoms with E-state index in [0.717, 1.165) is 44.2 Å². The summed E-state index contributed by atoms with van der Waals surface area (Å²) in [4.78, 5) is 4.86. The van der Waals surface area contributed by atoms with Gasteiger partial charge in [-0.15, -0.1) is 0 Å². The maximum atomic E-state index is 12.5. The average Bonchev–Trinajstić information content (AvgIpc) is 2.77. The number of nitrogens with one attached hydrogen (secondary N) is 1. The van der Waals surface area contributed by atoms with Crippen molar-refractivity contribution in [2.75, 3.05) is 58.4 Å². The van der Waals surface area contributed by atoms with Crippen LogP contribution in [-0.2, 0) is 10.0 Å². The molecule has 1 heterocycles. The van der Waals surface area contributed by atoms with Crippen molar-refractivity contribution < 1.29 is 17.9 Å². The van der Waals surface area contributed by atoms with Gasteiger partial charge in [-0.05, 0) is 49.4 Å². The van der Waals surface area contributed by atoms with Gasteiger partial charge in [0.2, 0.25) is 10.0 Å². The van der Waals surface area contributed by atoms with Crippen LogP contribution in [0.4, 0.5) is 5.69 Å². The first-order chi connectivity index (χ1) is 14.4. The summed E-state index contributed by atoms with van der Waals surface area (Å²) in [6, 6.07) is 12.5. The van der Waals surface area contributed by atoms with Crippen LogP contribution >= 0.6 is 11.6 Å². The molecule has 7 nitrogen and oxygen atoms in total. The predicted octanol–water partition coefficient (Wildman–Crippen LogP) is 2.85. The Morgan fingerprint density at radius 2 is 1.63 bits per heavy atom. The third kappa shape index (κ3) is 5.78. The average molecular weight is 454 g/mol. The molecule has 164 valence electrons. The number of anilines is 1. The number of methoxy groups -OCH3 is 2. The summed E-state index contributed by atoms with van der Waals surface area (Å²) < 4.78 is 38.1. The predicted molar refractivity (Wildman–Crippen MR) is 119 cm³/mol. The molecule has 30 heavy (non-hydrogen) atoms. The molecule has 0 spiro atoms. The van der Waals surface area contributed by atoms with Gasteiger partial charge in [-0.2, -0.15) is 0 Å². The van der Waals surface area contributed by atoms with E-state index in [1.54, 1.807) is 6.07 Å². The number of nitrogens with zero attached hydrogens (tertiary/aromatic N) is 2. The van der Waals surface area contributed by atoms with E-state index in [2.05, 4.69) is 14.5 Å². The van der Waals surface area contributed by atoms with Gasteiger partial charge in [0.05, 0.1) is 19.1 Å². The number of hydrogen-bond donors (Lipinski definition) is 1. The molecule has 0 aliphatic carbocycles.